The zero-order chi connectivity index (χ0) is 22.6. The molecule has 0 bridgehead atoms. The second-order valence-corrected chi connectivity index (χ2v) is 10.5. The van der Waals surface area contributed by atoms with Crippen molar-refractivity contribution in [3.63, 3.8) is 0 Å². The van der Waals surface area contributed by atoms with Gasteiger partial charge in [0.25, 0.3) is 5.91 Å². The predicted octanol–water partition coefficient (Wildman–Crippen LogP) is 2.89. The molecule has 32 heavy (non-hydrogen) atoms. The first-order valence-electron chi connectivity index (χ1n) is 10.9. The van der Waals surface area contributed by atoms with E-state index < -0.39 is 15.9 Å². The average molecular weight is 478 g/mol. The third kappa shape index (κ3) is 5.50. The number of carbonyl (C=O) groups excluding carboxylic acids is 1. The highest BCUT2D eigenvalue weighted by Crippen LogP contribution is 2.24. The van der Waals surface area contributed by atoms with E-state index >= 15 is 0 Å². The number of amides is 1. The van der Waals surface area contributed by atoms with Gasteiger partial charge in [-0.3, -0.25) is 9.69 Å². The summed E-state index contributed by atoms with van der Waals surface area (Å²) in [6.45, 7) is 4.80. The van der Waals surface area contributed by atoms with Crippen LogP contribution in [0.3, 0.4) is 0 Å². The Kier molecular flexibility index (Phi) is 7.48. The van der Waals surface area contributed by atoms with Crippen molar-refractivity contribution < 1.29 is 17.9 Å². The molecule has 1 N–H and O–H groups in total. The lowest BCUT2D eigenvalue weighted by molar-refractivity contribution is 0.0730. The lowest BCUT2D eigenvalue weighted by Gasteiger charge is -2.26. The molecule has 9 heteroatoms. The van der Waals surface area contributed by atoms with Crippen molar-refractivity contribution in [2.45, 2.75) is 30.8 Å². The minimum absolute atomic E-state index is 0.0570. The molecule has 0 radical (unpaired) electrons. The van der Waals surface area contributed by atoms with Crippen LogP contribution < -0.4 is 5.32 Å². The Morgan fingerprint density at radius 1 is 1.00 bits per heavy atom. The molecule has 0 unspecified atom stereocenters. The van der Waals surface area contributed by atoms with Gasteiger partial charge in [0, 0.05) is 26.2 Å². The van der Waals surface area contributed by atoms with Crippen LogP contribution in [-0.4, -0.2) is 62.9 Å². The number of nitrogens with one attached hydrogen (secondary N) is 1. The van der Waals surface area contributed by atoms with Crippen LogP contribution in [0.5, 0.6) is 0 Å². The SMILES string of the molecule is O=C(NCc1cccc(CN2CCCC2)c1)c1cc(S(=O)(=O)N2CCOCC2)ccc1Cl. The van der Waals surface area contributed by atoms with Crippen LogP contribution >= 0.6 is 11.6 Å². The summed E-state index contributed by atoms with van der Waals surface area (Å²) in [5.74, 6) is -0.404. The minimum Gasteiger partial charge on any atom is -0.379 e. The van der Waals surface area contributed by atoms with Crippen molar-refractivity contribution in [2.75, 3.05) is 39.4 Å². The number of likely N-dealkylation sites (tertiary alicyclic amines) is 1. The number of sulfonamides is 1. The van der Waals surface area contributed by atoms with E-state index in [-0.39, 0.29) is 15.5 Å². The number of morpholine rings is 1. The van der Waals surface area contributed by atoms with E-state index in [9.17, 15) is 13.2 Å². The number of halogens is 1. The summed E-state index contributed by atoms with van der Waals surface area (Å²) in [6.07, 6.45) is 2.49. The third-order valence-corrected chi connectivity index (χ3v) is 8.06. The number of rotatable bonds is 7. The summed E-state index contributed by atoms with van der Waals surface area (Å²) in [6, 6.07) is 12.4. The summed E-state index contributed by atoms with van der Waals surface area (Å²) in [4.78, 5) is 15.3. The molecule has 0 spiro atoms. The van der Waals surface area contributed by atoms with Crippen LogP contribution in [0.2, 0.25) is 5.02 Å². The lowest BCUT2D eigenvalue weighted by atomic mass is 10.1. The van der Waals surface area contributed by atoms with Crippen molar-refractivity contribution in [2.24, 2.45) is 0 Å². The Bertz CT molecular complexity index is 1060. The number of hydrogen-bond acceptors (Lipinski definition) is 5. The van der Waals surface area contributed by atoms with Crippen LogP contribution in [0.4, 0.5) is 0 Å². The van der Waals surface area contributed by atoms with Crippen LogP contribution in [0.1, 0.15) is 34.3 Å². The van der Waals surface area contributed by atoms with Crippen LogP contribution in [0.25, 0.3) is 0 Å². The Morgan fingerprint density at radius 2 is 1.72 bits per heavy atom. The van der Waals surface area contributed by atoms with E-state index in [0.29, 0.717) is 32.8 Å². The molecule has 2 aliphatic heterocycles. The van der Waals surface area contributed by atoms with Gasteiger partial charge in [-0.05, 0) is 55.3 Å². The van der Waals surface area contributed by atoms with E-state index in [1.807, 2.05) is 12.1 Å². The lowest BCUT2D eigenvalue weighted by Crippen LogP contribution is -2.40. The minimum atomic E-state index is -3.71. The Labute approximate surface area is 194 Å². The molecule has 1 amide bonds. The average Bonchev–Trinajstić information content (AvgIpc) is 3.31. The van der Waals surface area contributed by atoms with Crippen molar-refractivity contribution in [3.05, 3.63) is 64.2 Å². The monoisotopic (exact) mass is 477 g/mol. The summed E-state index contributed by atoms with van der Waals surface area (Å²) in [5.41, 5.74) is 2.35. The van der Waals surface area contributed by atoms with E-state index in [4.69, 9.17) is 16.3 Å². The molecule has 0 aromatic heterocycles. The standard InChI is InChI=1S/C23H28ClN3O4S/c24-22-7-6-20(32(29,30)27-10-12-31-13-11-27)15-21(22)23(28)25-16-18-4-3-5-19(14-18)17-26-8-1-2-9-26/h3-7,14-15H,1-2,8-13,16-17H2,(H,25,28). The molecule has 0 atom stereocenters. The predicted molar refractivity (Wildman–Crippen MR) is 123 cm³/mol. The largest absolute Gasteiger partial charge is 0.379 e. The highest BCUT2D eigenvalue weighted by Gasteiger charge is 2.27. The molecular formula is C23H28ClN3O4S. The van der Waals surface area contributed by atoms with Gasteiger partial charge in [-0.15, -0.1) is 0 Å². The van der Waals surface area contributed by atoms with Crippen molar-refractivity contribution >= 4 is 27.5 Å². The molecule has 2 heterocycles. The summed E-state index contributed by atoms with van der Waals surface area (Å²) in [7, 11) is -3.71. The van der Waals surface area contributed by atoms with Crippen molar-refractivity contribution in [3.8, 4) is 0 Å². The molecule has 4 rings (SSSR count). The molecule has 172 valence electrons. The van der Waals surface area contributed by atoms with Gasteiger partial charge in [-0.2, -0.15) is 4.31 Å². The zero-order valence-electron chi connectivity index (χ0n) is 17.9. The van der Waals surface area contributed by atoms with Crippen molar-refractivity contribution in [1.82, 2.24) is 14.5 Å². The molecule has 2 fully saturated rings. The van der Waals surface area contributed by atoms with Crippen LogP contribution in [0, 0.1) is 0 Å². The molecular weight excluding hydrogens is 450 g/mol. The normalized spacial score (nSPS) is 18.0. The van der Waals surface area contributed by atoms with Gasteiger partial charge in [0.1, 0.15) is 0 Å². The highest BCUT2D eigenvalue weighted by atomic mass is 35.5. The number of hydrogen-bond donors (Lipinski definition) is 1. The van der Waals surface area contributed by atoms with E-state index in [2.05, 4.69) is 22.3 Å². The fraction of sp³-hybridized carbons (Fsp3) is 0.435. The summed E-state index contributed by atoms with van der Waals surface area (Å²) >= 11 is 6.23. The summed E-state index contributed by atoms with van der Waals surface area (Å²) < 4.78 is 32.5. The Morgan fingerprint density at radius 3 is 2.47 bits per heavy atom. The molecule has 2 aromatic carbocycles. The van der Waals surface area contributed by atoms with Gasteiger partial charge < -0.3 is 10.1 Å². The highest BCUT2D eigenvalue weighted by molar-refractivity contribution is 7.89. The quantitative estimate of drug-likeness (QED) is 0.663. The fourth-order valence-electron chi connectivity index (χ4n) is 4.09. The number of carbonyl (C=O) groups is 1. The molecule has 0 saturated carbocycles. The van der Waals surface area contributed by atoms with Crippen LogP contribution in [-0.2, 0) is 27.8 Å². The second-order valence-electron chi connectivity index (χ2n) is 8.14. The molecule has 2 aromatic rings. The van der Waals surface area contributed by atoms with Gasteiger partial charge in [0.2, 0.25) is 10.0 Å². The Hall–Kier alpha value is -1.97. The second kappa shape index (κ2) is 10.3. The number of nitrogens with zero attached hydrogens (tertiary/aromatic N) is 2. The first kappa shape index (κ1) is 23.2. The fourth-order valence-corrected chi connectivity index (χ4v) is 5.73. The molecule has 0 aliphatic carbocycles. The van der Waals surface area contributed by atoms with Gasteiger partial charge >= 0.3 is 0 Å². The maximum atomic E-state index is 12.9. The third-order valence-electron chi connectivity index (χ3n) is 5.84. The first-order chi connectivity index (χ1) is 15.4. The van der Waals surface area contributed by atoms with Gasteiger partial charge in [-0.1, -0.05) is 35.9 Å². The first-order valence-corrected chi connectivity index (χ1v) is 12.7. The summed E-state index contributed by atoms with van der Waals surface area (Å²) in [5, 5.41) is 3.08. The van der Waals surface area contributed by atoms with E-state index in [1.165, 1.54) is 40.9 Å². The van der Waals surface area contributed by atoms with Crippen molar-refractivity contribution in [1.29, 1.82) is 0 Å². The maximum absolute atomic E-state index is 12.9. The maximum Gasteiger partial charge on any atom is 0.253 e. The van der Waals surface area contributed by atoms with Gasteiger partial charge in [0.15, 0.2) is 0 Å². The van der Waals surface area contributed by atoms with Gasteiger partial charge in [0.05, 0.1) is 28.7 Å². The molecule has 2 aliphatic rings. The smallest absolute Gasteiger partial charge is 0.253 e. The number of benzene rings is 2. The number of ether oxygens (including phenoxy) is 1. The Balaban J connectivity index is 1.44. The van der Waals surface area contributed by atoms with E-state index in [0.717, 1.165) is 25.2 Å². The zero-order valence-corrected chi connectivity index (χ0v) is 19.5. The van der Waals surface area contributed by atoms with Crippen LogP contribution in [0.15, 0.2) is 47.4 Å². The molecule has 7 nitrogen and oxygen atoms in total. The topological polar surface area (TPSA) is 79.0 Å². The van der Waals surface area contributed by atoms with Gasteiger partial charge in [-0.25, -0.2) is 8.42 Å². The van der Waals surface area contributed by atoms with E-state index in [1.54, 1.807) is 0 Å². The molecule has 2 saturated heterocycles.